The van der Waals surface area contributed by atoms with Crippen LogP contribution in [0.3, 0.4) is 0 Å². The first-order valence-corrected chi connectivity index (χ1v) is 5.55. The van der Waals surface area contributed by atoms with Crippen LogP contribution in [-0.2, 0) is 11.3 Å². The number of alkyl halides is 3. The molecule has 1 aromatic rings. The third-order valence-electron chi connectivity index (χ3n) is 2.19. The molecule has 7 nitrogen and oxygen atoms in total. The molecular formula is C10H13F3N4O3. The van der Waals surface area contributed by atoms with Crippen molar-refractivity contribution in [3.63, 3.8) is 0 Å². The molecule has 0 spiro atoms. The number of carboxylic acid groups (broad SMARTS) is 1. The number of halogens is 3. The molecule has 1 heterocycles. The van der Waals surface area contributed by atoms with Crippen molar-refractivity contribution in [1.29, 1.82) is 0 Å². The lowest BCUT2D eigenvalue weighted by Gasteiger charge is -2.22. The molecule has 20 heavy (non-hydrogen) atoms. The van der Waals surface area contributed by atoms with Gasteiger partial charge in [0.05, 0.1) is 6.33 Å². The largest absolute Gasteiger partial charge is 0.480 e. The van der Waals surface area contributed by atoms with Crippen LogP contribution < -0.4 is 5.32 Å². The Morgan fingerprint density at radius 2 is 2.10 bits per heavy atom. The van der Waals surface area contributed by atoms with Gasteiger partial charge in [-0.05, 0) is 0 Å². The first kappa shape index (κ1) is 15.8. The van der Waals surface area contributed by atoms with E-state index < -0.39 is 31.3 Å². The Morgan fingerprint density at radius 1 is 1.40 bits per heavy atom. The number of carboxylic acids is 1. The van der Waals surface area contributed by atoms with Crippen molar-refractivity contribution in [2.24, 2.45) is 0 Å². The molecule has 0 bridgehead atoms. The molecule has 0 saturated heterocycles. The van der Waals surface area contributed by atoms with E-state index in [1.165, 1.54) is 12.5 Å². The predicted molar refractivity (Wildman–Crippen MR) is 60.9 cm³/mol. The molecule has 0 aliphatic heterocycles. The maximum Gasteiger partial charge on any atom is 0.406 e. The Morgan fingerprint density at radius 3 is 2.60 bits per heavy atom. The van der Waals surface area contributed by atoms with Crippen LogP contribution >= 0.6 is 0 Å². The summed E-state index contributed by atoms with van der Waals surface area (Å²) >= 11 is 0. The van der Waals surface area contributed by atoms with Crippen LogP contribution in [0.5, 0.6) is 0 Å². The van der Waals surface area contributed by atoms with Crippen molar-refractivity contribution in [2.45, 2.75) is 12.7 Å². The molecule has 0 atom stereocenters. The number of urea groups is 1. The topological polar surface area (TPSA) is 87.5 Å². The first-order valence-electron chi connectivity index (χ1n) is 5.55. The number of imidazole rings is 1. The molecule has 0 aliphatic carbocycles. The third-order valence-corrected chi connectivity index (χ3v) is 2.19. The molecule has 0 aliphatic rings. The fourth-order valence-corrected chi connectivity index (χ4v) is 1.40. The Hall–Kier alpha value is -2.26. The minimum absolute atomic E-state index is 0.0587. The number of hydrogen-bond acceptors (Lipinski definition) is 3. The van der Waals surface area contributed by atoms with Gasteiger partial charge in [-0.15, -0.1) is 0 Å². The van der Waals surface area contributed by atoms with E-state index in [4.69, 9.17) is 5.11 Å². The molecule has 1 rings (SSSR count). The van der Waals surface area contributed by atoms with Gasteiger partial charge in [-0.2, -0.15) is 13.2 Å². The highest BCUT2D eigenvalue weighted by atomic mass is 19.4. The van der Waals surface area contributed by atoms with Gasteiger partial charge in [-0.1, -0.05) is 0 Å². The van der Waals surface area contributed by atoms with Gasteiger partial charge in [-0.25, -0.2) is 9.78 Å². The van der Waals surface area contributed by atoms with Crippen LogP contribution in [0.15, 0.2) is 18.7 Å². The second kappa shape index (κ2) is 6.78. The Balaban J connectivity index is 2.47. The molecule has 1 aromatic heterocycles. The number of rotatable bonds is 6. The van der Waals surface area contributed by atoms with Gasteiger partial charge in [0.25, 0.3) is 0 Å². The van der Waals surface area contributed by atoms with E-state index in [1.807, 2.05) is 0 Å². The van der Waals surface area contributed by atoms with E-state index in [1.54, 1.807) is 10.8 Å². The van der Waals surface area contributed by atoms with E-state index in [0.717, 1.165) is 0 Å². The number of amides is 2. The number of aliphatic carboxylic acids is 1. The van der Waals surface area contributed by atoms with Crippen LogP contribution in [-0.4, -0.2) is 57.4 Å². The van der Waals surface area contributed by atoms with Gasteiger partial charge in [0.2, 0.25) is 0 Å². The number of nitrogens with one attached hydrogen (secondary N) is 1. The van der Waals surface area contributed by atoms with Crippen LogP contribution in [0.4, 0.5) is 18.0 Å². The summed E-state index contributed by atoms with van der Waals surface area (Å²) in [5.74, 6) is -1.51. The van der Waals surface area contributed by atoms with E-state index >= 15 is 0 Å². The van der Waals surface area contributed by atoms with Crippen LogP contribution in [0.25, 0.3) is 0 Å². The average Bonchev–Trinajstić information content (AvgIpc) is 2.78. The van der Waals surface area contributed by atoms with Crippen molar-refractivity contribution < 1.29 is 27.9 Å². The molecule has 2 amide bonds. The SMILES string of the molecule is O=C(O)CN(CC(F)(F)F)C(=O)NCCn1ccnc1. The summed E-state index contributed by atoms with van der Waals surface area (Å²) in [6.07, 6.45) is -0.0346. The molecular weight excluding hydrogens is 281 g/mol. The lowest BCUT2D eigenvalue weighted by Crippen LogP contribution is -2.47. The number of carbonyl (C=O) groups excluding carboxylic acids is 1. The Labute approximate surface area is 112 Å². The first-order chi connectivity index (χ1) is 9.28. The van der Waals surface area contributed by atoms with Crippen LogP contribution in [0.2, 0.25) is 0 Å². The summed E-state index contributed by atoms with van der Waals surface area (Å²) in [6, 6.07) is -1.08. The van der Waals surface area contributed by atoms with Crippen molar-refractivity contribution in [3.8, 4) is 0 Å². The summed E-state index contributed by atoms with van der Waals surface area (Å²) in [4.78, 5) is 25.9. The second-order valence-electron chi connectivity index (χ2n) is 3.90. The van der Waals surface area contributed by atoms with Gasteiger partial charge in [0.1, 0.15) is 13.1 Å². The number of aromatic nitrogens is 2. The molecule has 112 valence electrons. The normalized spacial score (nSPS) is 11.2. The predicted octanol–water partition coefficient (Wildman–Crippen LogP) is 0.542. The lowest BCUT2D eigenvalue weighted by atomic mass is 10.4. The van der Waals surface area contributed by atoms with Crippen LogP contribution in [0.1, 0.15) is 0 Å². The van der Waals surface area contributed by atoms with E-state index in [0.29, 0.717) is 6.54 Å². The summed E-state index contributed by atoms with van der Waals surface area (Å²) in [5, 5.41) is 10.7. The van der Waals surface area contributed by atoms with Gasteiger partial charge >= 0.3 is 18.2 Å². The van der Waals surface area contributed by atoms with E-state index in [9.17, 15) is 22.8 Å². The minimum Gasteiger partial charge on any atom is -0.480 e. The number of nitrogens with zero attached hydrogens (tertiary/aromatic N) is 3. The van der Waals surface area contributed by atoms with Gasteiger partial charge in [0.15, 0.2) is 0 Å². The zero-order chi connectivity index (χ0) is 15.2. The monoisotopic (exact) mass is 294 g/mol. The smallest absolute Gasteiger partial charge is 0.406 e. The highest BCUT2D eigenvalue weighted by molar-refractivity contribution is 5.80. The molecule has 0 saturated carbocycles. The third kappa shape index (κ3) is 6.07. The molecule has 10 heteroatoms. The fourth-order valence-electron chi connectivity index (χ4n) is 1.40. The van der Waals surface area contributed by atoms with Gasteiger partial charge in [-0.3, -0.25) is 4.79 Å². The van der Waals surface area contributed by atoms with Gasteiger partial charge < -0.3 is 19.9 Å². The highest BCUT2D eigenvalue weighted by Gasteiger charge is 2.33. The molecule has 0 aromatic carbocycles. The number of carbonyl (C=O) groups is 2. The molecule has 0 unspecified atom stereocenters. The Kier molecular flexibility index (Phi) is 5.35. The average molecular weight is 294 g/mol. The van der Waals surface area contributed by atoms with Crippen LogP contribution in [0, 0.1) is 0 Å². The zero-order valence-corrected chi connectivity index (χ0v) is 10.3. The maximum absolute atomic E-state index is 12.2. The lowest BCUT2D eigenvalue weighted by molar-refractivity contribution is -0.148. The summed E-state index contributed by atoms with van der Waals surface area (Å²) < 4.78 is 38.3. The van der Waals surface area contributed by atoms with E-state index in [-0.39, 0.29) is 11.4 Å². The molecule has 2 N–H and O–H groups in total. The number of hydrogen-bond donors (Lipinski definition) is 2. The minimum atomic E-state index is -4.66. The fraction of sp³-hybridized carbons (Fsp3) is 0.500. The molecule has 0 fully saturated rings. The summed E-state index contributed by atoms with van der Waals surface area (Å²) in [6.45, 7) is -2.26. The van der Waals surface area contributed by atoms with Crippen molar-refractivity contribution in [2.75, 3.05) is 19.6 Å². The summed E-state index contributed by atoms with van der Waals surface area (Å²) in [7, 11) is 0. The van der Waals surface area contributed by atoms with Crippen molar-refractivity contribution >= 4 is 12.0 Å². The second-order valence-corrected chi connectivity index (χ2v) is 3.90. The van der Waals surface area contributed by atoms with Crippen molar-refractivity contribution in [1.82, 2.24) is 19.8 Å². The Bertz CT molecular complexity index is 447. The van der Waals surface area contributed by atoms with E-state index in [2.05, 4.69) is 10.3 Å². The zero-order valence-electron chi connectivity index (χ0n) is 10.3. The maximum atomic E-state index is 12.2. The standard InChI is InChI=1S/C10H13F3N4O3/c11-10(12,13)6-17(5-8(18)19)9(20)15-2-4-16-3-1-14-7-16/h1,3,7H,2,4-6H2,(H,15,20)(H,18,19). The highest BCUT2D eigenvalue weighted by Crippen LogP contribution is 2.16. The quantitative estimate of drug-likeness (QED) is 0.801. The van der Waals surface area contributed by atoms with Crippen molar-refractivity contribution in [3.05, 3.63) is 18.7 Å². The molecule has 0 radical (unpaired) electrons. The summed E-state index contributed by atoms with van der Waals surface area (Å²) in [5.41, 5.74) is 0. The van der Waals surface area contributed by atoms with Gasteiger partial charge in [0, 0.05) is 25.5 Å².